The fourth-order valence-corrected chi connectivity index (χ4v) is 6.80. The number of methoxy groups -OCH3 is 1. The summed E-state index contributed by atoms with van der Waals surface area (Å²) >= 11 is 2.29. The molecule has 4 aromatic carbocycles. The first kappa shape index (κ1) is 36.1. The van der Waals surface area contributed by atoms with Crippen LogP contribution in [0.3, 0.4) is 0 Å². The first-order valence-electron chi connectivity index (χ1n) is 15.7. The van der Waals surface area contributed by atoms with Crippen molar-refractivity contribution >= 4 is 69.2 Å². The average Bonchev–Trinajstić information content (AvgIpc) is 3.46. The summed E-state index contributed by atoms with van der Waals surface area (Å²) < 4.78 is 5.31. The molecule has 0 aliphatic rings. The van der Waals surface area contributed by atoms with Crippen LogP contribution < -0.4 is 26.0 Å². The van der Waals surface area contributed by atoms with Crippen molar-refractivity contribution in [3.8, 4) is 11.8 Å². The Morgan fingerprint density at radius 3 is 2.22 bits per heavy atom. The van der Waals surface area contributed by atoms with E-state index in [2.05, 4.69) is 27.3 Å². The zero-order valence-electron chi connectivity index (χ0n) is 27.9. The number of anilines is 3. The second-order valence-corrected chi connectivity index (χ2v) is 13.5. The summed E-state index contributed by atoms with van der Waals surface area (Å²) in [6, 6.07) is 33.7. The highest BCUT2D eigenvalue weighted by Crippen LogP contribution is 2.34. The third kappa shape index (κ3) is 9.51. The maximum absolute atomic E-state index is 13.6. The number of para-hydroxylation sites is 1. The zero-order valence-corrected chi connectivity index (χ0v) is 29.5. The van der Waals surface area contributed by atoms with Crippen molar-refractivity contribution in [2.24, 2.45) is 0 Å². The van der Waals surface area contributed by atoms with Crippen LogP contribution in [0.25, 0.3) is 6.08 Å². The number of rotatable bonds is 12. The van der Waals surface area contributed by atoms with Gasteiger partial charge in [-0.2, -0.15) is 5.26 Å². The molecule has 0 spiro atoms. The summed E-state index contributed by atoms with van der Waals surface area (Å²) in [5, 5.41) is 20.7. The van der Waals surface area contributed by atoms with E-state index in [0.717, 1.165) is 11.3 Å². The Morgan fingerprint density at radius 1 is 0.824 bits per heavy atom. The third-order valence-electron chi connectivity index (χ3n) is 7.44. The van der Waals surface area contributed by atoms with Crippen LogP contribution >= 0.6 is 23.1 Å². The first-order chi connectivity index (χ1) is 24.6. The summed E-state index contributed by atoms with van der Waals surface area (Å²) in [6.07, 6.45) is 1.56. The number of ether oxygens (including phenoxy) is 1. The lowest BCUT2D eigenvalue weighted by Crippen LogP contribution is -2.30. The van der Waals surface area contributed by atoms with Crippen LogP contribution in [-0.4, -0.2) is 36.0 Å². The van der Waals surface area contributed by atoms with Crippen molar-refractivity contribution in [3.05, 3.63) is 142 Å². The number of thiophene rings is 1. The molecule has 1 aromatic heterocycles. The Morgan fingerprint density at radius 2 is 1.51 bits per heavy atom. The van der Waals surface area contributed by atoms with Gasteiger partial charge in [0.15, 0.2) is 0 Å². The Hall–Kier alpha value is -6.16. The second-order valence-electron chi connectivity index (χ2n) is 11.1. The second kappa shape index (κ2) is 17.0. The van der Waals surface area contributed by atoms with Gasteiger partial charge in [0.1, 0.15) is 22.5 Å². The van der Waals surface area contributed by atoms with Crippen molar-refractivity contribution in [2.45, 2.75) is 24.0 Å². The molecule has 1 unspecified atom stereocenters. The molecule has 5 aromatic rings. The number of thioether (sulfide) groups is 1. The molecule has 12 heteroatoms. The van der Waals surface area contributed by atoms with Crippen molar-refractivity contribution in [3.63, 3.8) is 0 Å². The fourth-order valence-electron chi connectivity index (χ4n) is 4.82. The molecule has 0 aliphatic heterocycles. The number of benzene rings is 4. The molecule has 0 bridgehead atoms. The molecule has 1 heterocycles. The maximum Gasteiger partial charge on any atom is 0.272 e. The van der Waals surface area contributed by atoms with E-state index in [9.17, 15) is 24.4 Å². The minimum absolute atomic E-state index is 0.0132. The predicted octanol–water partition coefficient (Wildman–Crippen LogP) is 7.72. The van der Waals surface area contributed by atoms with Crippen molar-refractivity contribution < 1.29 is 23.9 Å². The SMILES string of the molecule is COc1cccc(/C=C(\NC(=O)c2ccccc2)C(=O)Nc2cccc(SC(C)C(=O)Nc3sc(C(=O)Nc4ccccc4)c(C)c3C#N)c2)c1. The van der Waals surface area contributed by atoms with E-state index in [-0.39, 0.29) is 23.1 Å². The van der Waals surface area contributed by atoms with Crippen molar-refractivity contribution in [1.82, 2.24) is 5.32 Å². The molecule has 0 saturated heterocycles. The Bertz CT molecular complexity index is 2140. The number of nitriles is 1. The molecule has 1 atom stereocenters. The first-order valence-corrected chi connectivity index (χ1v) is 17.4. The van der Waals surface area contributed by atoms with Gasteiger partial charge in [-0.1, -0.05) is 54.6 Å². The van der Waals surface area contributed by atoms with E-state index in [1.807, 2.05) is 6.07 Å². The standard InChI is InChI=1S/C39H33N5O5S2/c1-24-32(23-40)39(51-34(24)38(48)41-28-15-8-5-9-16-28)44-35(45)25(2)50-31-19-11-17-29(22-31)42-37(47)33(21-26-12-10-18-30(20-26)49-3)43-36(46)27-13-6-4-7-14-27/h4-22,25H,1-3H3,(H,41,48)(H,42,47)(H,43,46)(H,44,45)/b33-21-. The normalized spacial score (nSPS) is 11.5. The number of hydrogen-bond acceptors (Lipinski definition) is 8. The van der Waals surface area contributed by atoms with Crippen LogP contribution in [0, 0.1) is 18.3 Å². The highest BCUT2D eigenvalue weighted by Gasteiger charge is 2.24. The molecule has 0 radical (unpaired) electrons. The number of nitrogens with zero attached hydrogens (tertiary/aromatic N) is 1. The van der Waals surface area contributed by atoms with Gasteiger partial charge in [-0.15, -0.1) is 23.1 Å². The highest BCUT2D eigenvalue weighted by atomic mass is 32.2. The number of carbonyl (C=O) groups is 4. The number of nitrogens with one attached hydrogen (secondary N) is 4. The molecule has 5 rings (SSSR count). The molecule has 0 saturated carbocycles. The topological polar surface area (TPSA) is 149 Å². The van der Waals surface area contributed by atoms with Gasteiger partial charge in [0.25, 0.3) is 17.7 Å². The number of hydrogen-bond donors (Lipinski definition) is 4. The van der Waals surface area contributed by atoms with Crippen LogP contribution in [-0.2, 0) is 9.59 Å². The summed E-state index contributed by atoms with van der Waals surface area (Å²) in [4.78, 5) is 53.9. The van der Waals surface area contributed by atoms with Crippen LogP contribution in [0.4, 0.5) is 16.4 Å². The lowest BCUT2D eigenvalue weighted by atomic mass is 10.1. The lowest BCUT2D eigenvalue weighted by molar-refractivity contribution is -0.115. The molecule has 0 aliphatic carbocycles. The van der Waals surface area contributed by atoms with Gasteiger partial charge in [-0.05, 0) is 85.6 Å². The van der Waals surface area contributed by atoms with E-state index < -0.39 is 17.1 Å². The zero-order chi connectivity index (χ0) is 36.3. The molecule has 51 heavy (non-hydrogen) atoms. The van der Waals surface area contributed by atoms with Crippen LogP contribution in [0.15, 0.2) is 120 Å². The number of amides is 4. The lowest BCUT2D eigenvalue weighted by Gasteiger charge is -2.14. The van der Waals surface area contributed by atoms with E-state index in [4.69, 9.17) is 4.74 Å². The van der Waals surface area contributed by atoms with Crippen molar-refractivity contribution in [2.75, 3.05) is 23.1 Å². The van der Waals surface area contributed by atoms with Gasteiger partial charge in [0.05, 0.1) is 22.8 Å². The minimum Gasteiger partial charge on any atom is -0.497 e. The monoisotopic (exact) mass is 715 g/mol. The average molecular weight is 716 g/mol. The van der Waals surface area contributed by atoms with Crippen molar-refractivity contribution in [1.29, 1.82) is 5.26 Å². The third-order valence-corrected chi connectivity index (χ3v) is 9.74. The van der Waals surface area contributed by atoms with E-state index >= 15 is 0 Å². The molecule has 4 N–H and O–H groups in total. The summed E-state index contributed by atoms with van der Waals surface area (Å²) in [6.45, 7) is 3.39. The van der Waals surface area contributed by atoms with Gasteiger partial charge >= 0.3 is 0 Å². The number of carbonyl (C=O) groups excluding carboxylic acids is 4. The van der Waals surface area contributed by atoms with E-state index in [1.54, 1.807) is 130 Å². The molecule has 0 fully saturated rings. The van der Waals surface area contributed by atoms with Crippen LogP contribution in [0.5, 0.6) is 5.75 Å². The molecule has 4 amide bonds. The van der Waals surface area contributed by atoms with Crippen LogP contribution in [0.2, 0.25) is 0 Å². The minimum atomic E-state index is -0.611. The quantitative estimate of drug-likeness (QED) is 0.0763. The van der Waals surface area contributed by atoms with Gasteiger partial charge in [0, 0.05) is 21.8 Å². The van der Waals surface area contributed by atoms with Gasteiger partial charge < -0.3 is 26.0 Å². The molecule has 10 nitrogen and oxygen atoms in total. The maximum atomic E-state index is 13.6. The predicted molar refractivity (Wildman–Crippen MR) is 202 cm³/mol. The van der Waals surface area contributed by atoms with Crippen LogP contribution in [0.1, 0.15) is 43.6 Å². The largest absolute Gasteiger partial charge is 0.497 e. The highest BCUT2D eigenvalue weighted by molar-refractivity contribution is 8.00. The summed E-state index contributed by atoms with van der Waals surface area (Å²) in [7, 11) is 1.54. The smallest absolute Gasteiger partial charge is 0.272 e. The Kier molecular flexibility index (Phi) is 12.0. The fraction of sp³-hybridized carbons (Fsp3) is 0.103. The van der Waals surface area contributed by atoms with Gasteiger partial charge in [0.2, 0.25) is 5.91 Å². The Labute approximate surface area is 303 Å². The Balaban J connectivity index is 1.28. The molecule has 256 valence electrons. The van der Waals surface area contributed by atoms with E-state index in [0.29, 0.717) is 48.6 Å². The molecular formula is C39H33N5O5S2. The van der Waals surface area contributed by atoms with Gasteiger partial charge in [-0.3, -0.25) is 19.2 Å². The summed E-state index contributed by atoms with van der Waals surface area (Å²) in [5.41, 5.74) is 2.81. The van der Waals surface area contributed by atoms with E-state index in [1.165, 1.54) is 11.8 Å². The van der Waals surface area contributed by atoms with Gasteiger partial charge in [-0.25, -0.2) is 0 Å². The molecular weight excluding hydrogens is 683 g/mol. The summed E-state index contributed by atoms with van der Waals surface area (Å²) in [5.74, 6) is -1.15.